The molecule has 1 aliphatic heterocycles. The number of rotatable bonds is 6. The van der Waals surface area contributed by atoms with Gasteiger partial charge in [0, 0.05) is 37.2 Å². The van der Waals surface area contributed by atoms with E-state index in [2.05, 4.69) is 79.1 Å². The molecule has 1 aromatic carbocycles. The highest BCUT2D eigenvalue weighted by atomic mass is 32.2. The summed E-state index contributed by atoms with van der Waals surface area (Å²) in [7, 11) is 4.21. The molecule has 24 heavy (non-hydrogen) atoms. The van der Waals surface area contributed by atoms with Crippen LogP contribution in [0.2, 0.25) is 0 Å². The largest absolute Gasteiger partial charge is 0.357 e. The van der Waals surface area contributed by atoms with E-state index in [1.165, 1.54) is 23.3 Å². The van der Waals surface area contributed by atoms with Crippen molar-refractivity contribution in [2.75, 3.05) is 39.5 Å². The van der Waals surface area contributed by atoms with Crippen molar-refractivity contribution >= 4 is 17.7 Å². The summed E-state index contributed by atoms with van der Waals surface area (Å²) in [5.41, 5.74) is 2.63. The minimum Gasteiger partial charge on any atom is -0.357 e. The van der Waals surface area contributed by atoms with Gasteiger partial charge in [0.2, 0.25) is 0 Å². The van der Waals surface area contributed by atoms with Gasteiger partial charge < -0.3 is 15.1 Å². The quantitative estimate of drug-likeness (QED) is 0.632. The van der Waals surface area contributed by atoms with Gasteiger partial charge in [-0.1, -0.05) is 31.2 Å². The van der Waals surface area contributed by atoms with Crippen molar-refractivity contribution in [2.24, 2.45) is 4.99 Å². The van der Waals surface area contributed by atoms with Gasteiger partial charge in [-0.25, -0.2) is 4.99 Å². The summed E-state index contributed by atoms with van der Waals surface area (Å²) in [4.78, 5) is 9.53. The van der Waals surface area contributed by atoms with Crippen LogP contribution in [0.25, 0.3) is 0 Å². The molecule has 1 aliphatic rings. The van der Waals surface area contributed by atoms with E-state index in [1.807, 2.05) is 0 Å². The second kappa shape index (κ2) is 9.94. The molecule has 1 fully saturated rings. The Morgan fingerprint density at radius 3 is 2.83 bits per heavy atom. The molecule has 2 rings (SSSR count). The Morgan fingerprint density at radius 1 is 1.33 bits per heavy atom. The first kappa shape index (κ1) is 19.1. The third-order valence-corrected chi connectivity index (χ3v) is 5.50. The summed E-state index contributed by atoms with van der Waals surface area (Å²) in [5.74, 6) is 2.26. The zero-order chi connectivity index (χ0) is 17.4. The van der Waals surface area contributed by atoms with Crippen LogP contribution in [0.5, 0.6) is 0 Å². The van der Waals surface area contributed by atoms with Gasteiger partial charge >= 0.3 is 0 Å². The zero-order valence-corrected chi connectivity index (χ0v) is 16.4. The molecule has 0 amide bonds. The molecule has 1 heterocycles. The second-order valence-corrected chi connectivity index (χ2v) is 7.98. The number of guanidine groups is 1. The molecule has 1 saturated heterocycles. The lowest BCUT2D eigenvalue weighted by Crippen LogP contribution is -2.48. The van der Waals surface area contributed by atoms with Gasteiger partial charge in [-0.15, -0.1) is 0 Å². The van der Waals surface area contributed by atoms with Gasteiger partial charge in [0.15, 0.2) is 5.96 Å². The van der Waals surface area contributed by atoms with Crippen molar-refractivity contribution in [2.45, 2.75) is 38.6 Å². The predicted molar refractivity (Wildman–Crippen MR) is 107 cm³/mol. The molecule has 0 spiro atoms. The molecule has 1 unspecified atom stereocenters. The highest BCUT2D eigenvalue weighted by Crippen LogP contribution is 2.21. The number of nitrogens with zero attached hydrogens (tertiary/aromatic N) is 3. The fourth-order valence-electron chi connectivity index (χ4n) is 2.94. The summed E-state index contributed by atoms with van der Waals surface area (Å²) in [5, 5.41) is 4.20. The minimum atomic E-state index is 0.728. The number of hydrogen-bond donors (Lipinski definition) is 1. The van der Waals surface area contributed by atoms with Crippen LogP contribution in [0.15, 0.2) is 29.3 Å². The highest BCUT2D eigenvalue weighted by molar-refractivity contribution is 8.00. The Morgan fingerprint density at radius 2 is 2.12 bits per heavy atom. The van der Waals surface area contributed by atoms with Crippen LogP contribution in [-0.4, -0.2) is 60.5 Å². The highest BCUT2D eigenvalue weighted by Gasteiger charge is 2.21. The molecule has 0 aliphatic carbocycles. The van der Waals surface area contributed by atoms with E-state index >= 15 is 0 Å². The molecule has 1 N–H and O–H groups in total. The van der Waals surface area contributed by atoms with E-state index in [0.717, 1.165) is 43.9 Å². The Balaban J connectivity index is 2.05. The van der Waals surface area contributed by atoms with Crippen molar-refractivity contribution < 1.29 is 0 Å². The van der Waals surface area contributed by atoms with Crippen LogP contribution >= 0.6 is 11.8 Å². The van der Waals surface area contributed by atoms with Crippen LogP contribution in [0.4, 0.5) is 0 Å². The van der Waals surface area contributed by atoms with Crippen molar-refractivity contribution in [1.82, 2.24) is 15.1 Å². The number of nitrogens with one attached hydrogen (secondary N) is 1. The van der Waals surface area contributed by atoms with Crippen LogP contribution < -0.4 is 5.32 Å². The Kier molecular flexibility index (Phi) is 7.92. The standard InChI is InChI=1S/C19H32N4S/c1-5-18-15-23(10-11-24-18)19(20-6-2)21-13-16-8-7-9-17(12-16)14-22(3)4/h7-9,12,18H,5-6,10-11,13-15H2,1-4H3,(H,20,21). The maximum absolute atomic E-state index is 4.90. The molecule has 1 aromatic rings. The van der Waals surface area contributed by atoms with Crippen molar-refractivity contribution in [3.63, 3.8) is 0 Å². The van der Waals surface area contributed by atoms with E-state index in [9.17, 15) is 0 Å². The molecule has 134 valence electrons. The van der Waals surface area contributed by atoms with E-state index in [-0.39, 0.29) is 0 Å². The van der Waals surface area contributed by atoms with E-state index < -0.39 is 0 Å². The van der Waals surface area contributed by atoms with Crippen molar-refractivity contribution in [3.05, 3.63) is 35.4 Å². The smallest absolute Gasteiger partial charge is 0.194 e. The molecule has 1 atom stereocenters. The normalized spacial score (nSPS) is 19.0. The fraction of sp³-hybridized carbons (Fsp3) is 0.632. The molecule has 0 saturated carbocycles. The second-order valence-electron chi connectivity index (χ2n) is 6.57. The third-order valence-electron chi connectivity index (χ3n) is 4.13. The third kappa shape index (κ3) is 6.02. The lowest BCUT2D eigenvalue weighted by atomic mass is 10.1. The van der Waals surface area contributed by atoms with Gasteiger partial charge in [0.05, 0.1) is 6.54 Å². The molecular weight excluding hydrogens is 316 g/mol. The van der Waals surface area contributed by atoms with Gasteiger partial charge in [-0.3, -0.25) is 0 Å². The first-order valence-electron chi connectivity index (χ1n) is 8.99. The summed E-state index contributed by atoms with van der Waals surface area (Å²) in [6.45, 7) is 9.25. The van der Waals surface area contributed by atoms with Gasteiger partial charge in [0.25, 0.3) is 0 Å². The van der Waals surface area contributed by atoms with Gasteiger partial charge in [0.1, 0.15) is 0 Å². The molecule has 0 radical (unpaired) electrons. The summed E-state index contributed by atoms with van der Waals surface area (Å²) < 4.78 is 0. The Hall–Kier alpha value is -1.20. The number of hydrogen-bond acceptors (Lipinski definition) is 3. The van der Waals surface area contributed by atoms with E-state index in [1.54, 1.807) is 0 Å². The van der Waals surface area contributed by atoms with Crippen LogP contribution in [0.1, 0.15) is 31.4 Å². The van der Waals surface area contributed by atoms with Crippen LogP contribution in [-0.2, 0) is 13.1 Å². The maximum atomic E-state index is 4.90. The van der Waals surface area contributed by atoms with Crippen molar-refractivity contribution in [1.29, 1.82) is 0 Å². The number of aliphatic imine (C=N–C) groups is 1. The lowest BCUT2D eigenvalue weighted by Gasteiger charge is -2.34. The number of thioether (sulfide) groups is 1. The van der Waals surface area contributed by atoms with Gasteiger partial charge in [-0.05, 0) is 38.6 Å². The molecule has 4 nitrogen and oxygen atoms in total. The Labute approximate surface area is 151 Å². The minimum absolute atomic E-state index is 0.728. The molecular formula is C19H32N4S. The van der Waals surface area contributed by atoms with Crippen LogP contribution in [0, 0.1) is 0 Å². The maximum Gasteiger partial charge on any atom is 0.194 e. The average molecular weight is 349 g/mol. The monoisotopic (exact) mass is 348 g/mol. The fourth-order valence-corrected chi connectivity index (χ4v) is 4.12. The van der Waals surface area contributed by atoms with Gasteiger partial charge in [-0.2, -0.15) is 11.8 Å². The first-order chi connectivity index (χ1) is 11.6. The summed E-state index contributed by atoms with van der Waals surface area (Å²) in [6, 6.07) is 8.77. The summed E-state index contributed by atoms with van der Waals surface area (Å²) in [6.07, 6.45) is 1.23. The number of benzene rings is 1. The first-order valence-corrected chi connectivity index (χ1v) is 10.0. The summed E-state index contributed by atoms with van der Waals surface area (Å²) >= 11 is 2.10. The lowest BCUT2D eigenvalue weighted by molar-refractivity contribution is 0.402. The Bertz CT molecular complexity index is 530. The molecule has 0 aromatic heterocycles. The van der Waals surface area contributed by atoms with Crippen LogP contribution in [0.3, 0.4) is 0 Å². The van der Waals surface area contributed by atoms with E-state index in [4.69, 9.17) is 4.99 Å². The van der Waals surface area contributed by atoms with Crippen molar-refractivity contribution in [3.8, 4) is 0 Å². The average Bonchev–Trinajstić information content (AvgIpc) is 2.58. The SMILES string of the molecule is CCNC(=NCc1cccc(CN(C)C)c1)N1CCSC(CC)C1. The zero-order valence-electron chi connectivity index (χ0n) is 15.6. The molecule has 5 heteroatoms. The van der Waals surface area contributed by atoms with E-state index in [0.29, 0.717) is 0 Å². The molecule has 0 bridgehead atoms. The predicted octanol–water partition coefficient (Wildman–Crippen LogP) is 3.04. The topological polar surface area (TPSA) is 30.9 Å².